The third-order valence-corrected chi connectivity index (χ3v) is 4.61. The highest BCUT2D eigenvalue weighted by atomic mass is 16.4. The van der Waals surface area contributed by atoms with E-state index < -0.39 is 5.97 Å². The Morgan fingerprint density at radius 2 is 2.05 bits per heavy atom. The van der Waals surface area contributed by atoms with Crippen LogP contribution >= 0.6 is 0 Å². The molecule has 1 aliphatic carbocycles. The zero-order valence-electron chi connectivity index (χ0n) is 13.3. The highest BCUT2D eigenvalue weighted by molar-refractivity contribution is 5.94. The Hall–Kier alpha value is -1.81. The smallest absolute Gasteiger partial charge is 0.335 e. The molecule has 118 valence electrons. The predicted molar refractivity (Wildman–Crippen MR) is 88.4 cm³/mol. The molecular formula is C18H24N2O2. The van der Waals surface area contributed by atoms with E-state index in [4.69, 9.17) is 5.11 Å². The number of fused-ring (bicyclic) bond motifs is 1. The van der Waals surface area contributed by atoms with Crippen molar-refractivity contribution in [2.75, 3.05) is 0 Å². The summed E-state index contributed by atoms with van der Waals surface area (Å²) in [5.41, 5.74) is 2.70. The second kappa shape index (κ2) is 6.13. The lowest BCUT2D eigenvalue weighted by atomic mass is 10.1. The Morgan fingerprint density at radius 3 is 2.68 bits per heavy atom. The summed E-state index contributed by atoms with van der Waals surface area (Å²) in [4.78, 5) is 11.2. The quantitative estimate of drug-likeness (QED) is 0.879. The van der Waals surface area contributed by atoms with Gasteiger partial charge < -0.3 is 15.0 Å². The summed E-state index contributed by atoms with van der Waals surface area (Å²) >= 11 is 0. The van der Waals surface area contributed by atoms with Gasteiger partial charge in [-0.05, 0) is 51.0 Å². The van der Waals surface area contributed by atoms with Crippen LogP contribution in [0.15, 0.2) is 24.3 Å². The van der Waals surface area contributed by atoms with E-state index in [2.05, 4.69) is 29.8 Å². The zero-order chi connectivity index (χ0) is 15.7. The Labute approximate surface area is 131 Å². The van der Waals surface area contributed by atoms with Gasteiger partial charge in [-0.3, -0.25) is 0 Å². The molecule has 1 heterocycles. The van der Waals surface area contributed by atoms with Crippen LogP contribution in [-0.2, 0) is 6.54 Å². The van der Waals surface area contributed by atoms with Gasteiger partial charge in [0.1, 0.15) is 0 Å². The van der Waals surface area contributed by atoms with Gasteiger partial charge in [0.15, 0.2) is 0 Å². The molecule has 0 spiro atoms. The maximum absolute atomic E-state index is 11.2. The summed E-state index contributed by atoms with van der Waals surface area (Å²) in [5, 5.41) is 13.8. The van der Waals surface area contributed by atoms with Crippen LogP contribution < -0.4 is 5.32 Å². The van der Waals surface area contributed by atoms with Crippen molar-refractivity contribution in [2.24, 2.45) is 0 Å². The van der Waals surface area contributed by atoms with Crippen LogP contribution in [0.2, 0.25) is 0 Å². The van der Waals surface area contributed by atoms with Gasteiger partial charge in [-0.25, -0.2) is 4.79 Å². The summed E-state index contributed by atoms with van der Waals surface area (Å²) < 4.78 is 2.31. The maximum Gasteiger partial charge on any atom is 0.335 e. The average Bonchev–Trinajstić information content (AvgIpc) is 3.11. The van der Waals surface area contributed by atoms with Crippen LogP contribution in [0.25, 0.3) is 10.9 Å². The summed E-state index contributed by atoms with van der Waals surface area (Å²) in [6, 6.07) is 8.51. The molecule has 0 aliphatic heterocycles. The van der Waals surface area contributed by atoms with E-state index in [1.54, 1.807) is 12.1 Å². The number of nitrogens with zero attached hydrogens (tertiary/aromatic N) is 1. The molecule has 4 heteroatoms. The average molecular weight is 300 g/mol. The summed E-state index contributed by atoms with van der Waals surface area (Å²) in [5.74, 6) is -0.871. The standard InChI is InChI=1S/C18H24N2O2/c1-12(2)20-16(11-19-15-5-3-4-6-15)10-14-9-13(18(21)22)7-8-17(14)20/h7-10,12,15,19H,3-6,11H2,1-2H3,(H,21,22). The van der Waals surface area contributed by atoms with Crippen LogP contribution in [0.1, 0.15) is 61.6 Å². The van der Waals surface area contributed by atoms with E-state index >= 15 is 0 Å². The topological polar surface area (TPSA) is 54.3 Å². The van der Waals surface area contributed by atoms with Crippen LogP contribution in [0.4, 0.5) is 0 Å². The highest BCUT2D eigenvalue weighted by Crippen LogP contribution is 2.26. The van der Waals surface area contributed by atoms with Crippen molar-refractivity contribution >= 4 is 16.9 Å². The van der Waals surface area contributed by atoms with Crippen LogP contribution in [0, 0.1) is 0 Å². The summed E-state index contributed by atoms with van der Waals surface area (Å²) in [7, 11) is 0. The van der Waals surface area contributed by atoms with Gasteiger partial charge in [0.25, 0.3) is 0 Å². The monoisotopic (exact) mass is 300 g/mol. The first-order valence-electron chi connectivity index (χ1n) is 8.17. The SMILES string of the molecule is CC(C)n1c(CNC2CCCC2)cc2cc(C(=O)O)ccc21. The number of hydrogen-bond acceptors (Lipinski definition) is 2. The number of carbonyl (C=O) groups is 1. The van der Waals surface area contributed by atoms with Crippen LogP contribution in [0.5, 0.6) is 0 Å². The Bertz CT molecular complexity index is 682. The molecule has 22 heavy (non-hydrogen) atoms. The number of rotatable bonds is 5. The molecule has 0 radical (unpaired) electrons. The van der Waals surface area contributed by atoms with Crippen molar-refractivity contribution in [1.82, 2.24) is 9.88 Å². The molecule has 0 atom stereocenters. The number of hydrogen-bond donors (Lipinski definition) is 2. The van der Waals surface area contributed by atoms with E-state index in [1.807, 2.05) is 6.07 Å². The third kappa shape index (κ3) is 2.88. The van der Waals surface area contributed by atoms with E-state index in [0.717, 1.165) is 17.4 Å². The Balaban J connectivity index is 1.93. The number of carboxylic acid groups (broad SMARTS) is 1. The van der Waals surface area contributed by atoms with Crippen molar-refractivity contribution in [3.63, 3.8) is 0 Å². The van der Waals surface area contributed by atoms with Gasteiger partial charge in [0.05, 0.1) is 5.56 Å². The molecule has 0 amide bonds. The maximum atomic E-state index is 11.2. The van der Waals surface area contributed by atoms with Crippen LogP contribution in [0.3, 0.4) is 0 Å². The first kappa shape index (κ1) is 15.1. The molecular weight excluding hydrogens is 276 g/mol. The summed E-state index contributed by atoms with van der Waals surface area (Å²) in [6.45, 7) is 5.19. The molecule has 1 aromatic heterocycles. The predicted octanol–water partition coefficient (Wildman–Crippen LogP) is 3.95. The lowest BCUT2D eigenvalue weighted by molar-refractivity contribution is 0.0697. The van der Waals surface area contributed by atoms with E-state index in [-0.39, 0.29) is 0 Å². The van der Waals surface area contributed by atoms with Gasteiger partial charge in [-0.15, -0.1) is 0 Å². The number of nitrogens with one attached hydrogen (secondary N) is 1. The molecule has 2 aromatic rings. The summed E-state index contributed by atoms with van der Waals surface area (Å²) in [6.07, 6.45) is 5.19. The Morgan fingerprint density at radius 1 is 1.32 bits per heavy atom. The van der Waals surface area contributed by atoms with E-state index in [0.29, 0.717) is 17.6 Å². The van der Waals surface area contributed by atoms with Crippen LogP contribution in [-0.4, -0.2) is 21.7 Å². The van der Waals surface area contributed by atoms with Gasteiger partial charge in [0.2, 0.25) is 0 Å². The van der Waals surface area contributed by atoms with Crippen molar-refractivity contribution in [3.05, 3.63) is 35.5 Å². The first-order chi connectivity index (χ1) is 10.6. The number of carboxylic acids is 1. The fourth-order valence-corrected chi connectivity index (χ4v) is 3.55. The molecule has 3 rings (SSSR count). The zero-order valence-corrected chi connectivity index (χ0v) is 13.3. The van der Waals surface area contributed by atoms with E-state index in [9.17, 15) is 4.79 Å². The molecule has 1 aliphatic rings. The lowest BCUT2D eigenvalue weighted by Gasteiger charge is -2.17. The largest absolute Gasteiger partial charge is 0.478 e. The minimum Gasteiger partial charge on any atom is -0.478 e. The number of benzene rings is 1. The normalized spacial score (nSPS) is 16.0. The minimum atomic E-state index is -0.871. The van der Waals surface area contributed by atoms with Gasteiger partial charge in [0, 0.05) is 35.2 Å². The van der Waals surface area contributed by atoms with Crippen molar-refractivity contribution in [2.45, 2.75) is 58.2 Å². The third-order valence-electron chi connectivity index (χ3n) is 4.61. The Kier molecular flexibility index (Phi) is 4.21. The molecule has 4 nitrogen and oxygen atoms in total. The highest BCUT2D eigenvalue weighted by Gasteiger charge is 2.17. The van der Waals surface area contributed by atoms with Crippen molar-refractivity contribution in [1.29, 1.82) is 0 Å². The molecule has 0 unspecified atom stereocenters. The number of aromatic nitrogens is 1. The first-order valence-corrected chi connectivity index (χ1v) is 8.17. The lowest BCUT2D eigenvalue weighted by Crippen LogP contribution is -2.26. The molecule has 1 fully saturated rings. The van der Waals surface area contributed by atoms with Gasteiger partial charge in [-0.2, -0.15) is 0 Å². The minimum absolute atomic E-state index is 0.351. The van der Waals surface area contributed by atoms with Crippen molar-refractivity contribution in [3.8, 4) is 0 Å². The van der Waals surface area contributed by atoms with Crippen molar-refractivity contribution < 1.29 is 9.90 Å². The molecule has 0 saturated heterocycles. The second-order valence-electron chi connectivity index (χ2n) is 6.54. The van der Waals surface area contributed by atoms with Gasteiger partial charge >= 0.3 is 5.97 Å². The molecule has 0 bridgehead atoms. The fourth-order valence-electron chi connectivity index (χ4n) is 3.55. The fraction of sp³-hybridized carbons (Fsp3) is 0.500. The molecule has 1 aromatic carbocycles. The number of aromatic carboxylic acids is 1. The molecule has 1 saturated carbocycles. The van der Waals surface area contributed by atoms with E-state index in [1.165, 1.54) is 31.4 Å². The van der Waals surface area contributed by atoms with Gasteiger partial charge in [-0.1, -0.05) is 12.8 Å². The second-order valence-corrected chi connectivity index (χ2v) is 6.54. The molecule has 2 N–H and O–H groups in total.